The van der Waals surface area contributed by atoms with E-state index in [0.29, 0.717) is 17.6 Å². The molecule has 0 spiro atoms. The molecule has 0 aromatic rings. The first kappa shape index (κ1) is 12.1. The molecule has 0 radical (unpaired) electrons. The molecule has 2 unspecified atom stereocenters. The average molecular weight is 222 g/mol. The molecule has 2 aliphatic rings. The predicted octanol–water partition coefficient (Wildman–Crippen LogP) is 4.35. The van der Waals surface area contributed by atoms with Crippen molar-refractivity contribution in [2.75, 3.05) is 0 Å². The van der Waals surface area contributed by atoms with Crippen LogP contribution in [0.4, 0.5) is 0 Å². The molecule has 2 rings (SSSR count). The third-order valence-electron chi connectivity index (χ3n) is 4.77. The molecule has 0 amide bonds. The van der Waals surface area contributed by atoms with Crippen LogP contribution in [0.3, 0.4) is 0 Å². The van der Waals surface area contributed by atoms with E-state index in [-0.39, 0.29) is 0 Å². The second-order valence-electron chi connectivity index (χ2n) is 5.88. The van der Waals surface area contributed by atoms with Gasteiger partial charge in [-0.05, 0) is 31.6 Å². The monoisotopic (exact) mass is 222 g/mol. The highest BCUT2D eigenvalue weighted by Gasteiger charge is 2.31. The minimum Gasteiger partial charge on any atom is -0.299 e. The van der Waals surface area contributed by atoms with Gasteiger partial charge in [-0.3, -0.25) is 4.79 Å². The van der Waals surface area contributed by atoms with E-state index in [1.165, 1.54) is 64.2 Å². The fourth-order valence-electron chi connectivity index (χ4n) is 3.64. The summed E-state index contributed by atoms with van der Waals surface area (Å²) in [5.41, 5.74) is 0. The van der Waals surface area contributed by atoms with Crippen LogP contribution < -0.4 is 0 Å². The normalized spacial score (nSPS) is 32.6. The Hall–Kier alpha value is -0.330. The Bertz CT molecular complexity index is 228. The van der Waals surface area contributed by atoms with E-state index in [1.54, 1.807) is 0 Å². The molecule has 2 atom stereocenters. The minimum atomic E-state index is 0.432. The molecule has 2 fully saturated rings. The van der Waals surface area contributed by atoms with Crippen LogP contribution >= 0.6 is 0 Å². The van der Waals surface area contributed by atoms with Crippen molar-refractivity contribution in [3.63, 3.8) is 0 Å². The molecule has 0 saturated heterocycles. The van der Waals surface area contributed by atoms with E-state index >= 15 is 0 Å². The van der Waals surface area contributed by atoms with Crippen molar-refractivity contribution in [3.05, 3.63) is 0 Å². The van der Waals surface area contributed by atoms with Crippen molar-refractivity contribution < 1.29 is 4.79 Å². The molecular formula is C15H26O. The summed E-state index contributed by atoms with van der Waals surface area (Å²) in [4.78, 5) is 12.4. The Morgan fingerprint density at radius 2 is 1.62 bits per heavy atom. The number of rotatable bonds is 3. The van der Waals surface area contributed by atoms with Gasteiger partial charge in [0.05, 0.1) is 0 Å². The van der Waals surface area contributed by atoms with Gasteiger partial charge < -0.3 is 0 Å². The first-order valence-corrected chi connectivity index (χ1v) is 7.35. The van der Waals surface area contributed by atoms with E-state index in [4.69, 9.17) is 0 Å². The van der Waals surface area contributed by atoms with Crippen LogP contribution in [0.1, 0.15) is 71.1 Å². The van der Waals surface area contributed by atoms with E-state index in [2.05, 4.69) is 6.92 Å². The second kappa shape index (κ2) is 5.84. The largest absolute Gasteiger partial charge is 0.299 e. The summed E-state index contributed by atoms with van der Waals surface area (Å²) in [7, 11) is 0. The van der Waals surface area contributed by atoms with Crippen molar-refractivity contribution in [2.24, 2.45) is 17.8 Å². The smallest absolute Gasteiger partial charge is 0.139 e. The lowest BCUT2D eigenvalue weighted by Crippen LogP contribution is -2.29. The average Bonchev–Trinajstić information content (AvgIpc) is 2.39. The zero-order chi connectivity index (χ0) is 11.4. The van der Waals surface area contributed by atoms with Gasteiger partial charge in [0.25, 0.3) is 0 Å². The number of hydrogen-bond acceptors (Lipinski definition) is 1. The highest BCUT2D eigenvalue weighted by atomic mass is 16.1. The van der Waals surface area contributed by atoms with Crippen molar-refractivity contribution in [2.45, 2.75) is 71.1 Å². The van der Waals surface area contributed by atoms with Crippen LogP contribution in [0.2, 0.25) is 0 Å². The SMILES string of the molecule is CCC1CCCC(C(=O)C2CCCCC2)C1. The zero-order valence-electron chi connectivity index (χ0n) is 10.7. The standard InChI is InChI=1S/C15H26O/c1-2-12-7-6-10-14(11-12)15(16)13-8-4-3-5-9-13/h12-14H,2-11H2,1H3. The molecule has 0 bridgehead atoms. The van der Waals surface area contributed by atoms with E-state index in [1.807, 2.05) is 0 Å². The van der Waals surface area contributed by atoms with Crippen molar-refractivity contribution in [1.82, 2.24) is 0 Å². The van der Waals surface area contributed by atoms with Gasteiger partial charge in [0, 0.05) is 11.8 Å². The molecule has 0 N–H and O–H groups in total. The highest BCUT2D eigenvalue weighted by Crippen LogP contribution is 2.35. The third-order valence-corrected chi connectivity index (χ3v) is 4.77. The number of hydrogen-bond donors (Lipinski definition) is 0. The van der Waals surface area contributed by atoms with Gasteiger partial charge >= 0.3 is 0 Å². The lowest BCUT2D eigenvalue weighted by molar-refractivity contribution is -0.129. The third kappa shape index (κ3) is 2.87. The fraction of sp³-hybridized carbons (Fsp3) is 0.933. The quantitative estimate of drug-likeness (QED) is 0.693. The van der Waals surface area contributed by atoms with Crippen LogP contribution in [0.25, 0.3) is 0 Å². The number of ketones is 1. The Labute approximate surface area is 100.0 Å². The summed E-state index contributed by atoms with van der Waals surface area (Å²) >= 11 is 0. The molecule has 2 saturated carbocycles. The summed E-state index contributed by atoms with van der Waals surface area (Å²) in [6.45, 7) is 2.28. The summed E-state index contributed by atoms with van der Waals surface area (Å²) in [6, 6.07) is 0. The molecular weight excluding hydrogens is 196 g/mol. The predicted molar refractivity (Wildman–Crippen MR) is 67.3 cm³/mol. The van der Waals surface area contributed by atoms with Crippen molar-refractivity contribution in [3.8, 4) is 0 Å². The van der Waals surface area contributed by atoms with E-state index in [0.717, 1.165) is 5.92 Å². The molecule has 0 aliphatic heterocycles. The lowest BCUT2D eigenvalue weighted by atomic mass is 9.73. The zero-order valence-corrected chi connectivity index (χ0v) is 10.7. The summed E-state index contributed by atoms with van der Waals surface area (Å²) < 4.78 is 0. The van der Waals surface area contributed by atoms with Crippen LogP contribution in [0.15, 0.2) is 0 Å². The van der Waals surface area contributed by atoms with Gasteiger partial charge in [-0.15, -0.1) is 0 Å². The van der Waals surface area contributed by atoms with Crippen LogP contribution in [-0.2, 0) is 4.79 Å². The summed E-state index contributed by atoms with van der Waals surface area (Å²) in [6.07, 6.45) is 12.6. The van der Waals surface area contributed by atoms with Crippen LogP contribution in [0, 0.1) is 17.8 Å². The van der Waals surface area contributed by atoms with Gasteiger partial charge in [0.15, 0.2) is 0 Å². The molecule has 92 valence electrons. The first-order valence-electron chi connectivity index (χ1n) is 7.35. The van der Waals surface area contributed by atoms with E-state index in [9.17, 15) is 4.79 Å². The first-order chi connectivity index (χ1) is 7.81. The van der Waals surface area contributed by atoms with Crippen molar-refractivity contribution >= 4 is 5.78 Å². The van der Waals surface area contributed by atoms with Gasteiger partial charge in [0.1, 0.15) is 5.78 Å². The maximum atomic E-state index is 12.4. The van der Waals surface area contributed by atoms with Gasteiger partial charge in [-0.25, -0.2) is 0 Å². The number of Topliss-reactive ketones (excluding diaryl/α,β-unsaturated/α-hetero) is 1. The fourth-order valence-corrected chi connectivity index (χ4v) is 3.64. The molecule has 0 aromatic heterocycles. The molecule has 16 heavy (non-hydrogen) atoms. The Balaban J connectivity index is 1.87. The summed E-state index contributed by atoms with van der Waals surface area (Å²) in [5, 5.41) is 0. The Morgan fingerprint density at radius 1 is 0.938 bits per heavy atom. The summed E-state index contributed by atoms with van der Waals surface area (Å²) in [5.74, 6) is 2.35. The molecule has 0 aromatic carbocycles. The molecule has 1 heteroatoms. The number of carbonyl (C=O) groups is 1. The van der Waals surface area contributed by atoms with Crippen LogP contribution in [-0.4, -0.2) is 5.78 Å². The lowest BCUT2D eigenvalue weighted by Gasteiger charge is -2.31. The van der Waals surface area contributed by atoms with Crippen LogP contribution in [0.5, 0.6) is 0 Å². The van der Waals surface area contributed by atoms with Gasteiger partial charge in [-0.2, -0.15) is 0 Å². The molecule has 2 aliphatic carbocycles. The topological polar surface area (TPSA) is 17.1 Å². The molecule has 0 heterocycles. The molecule has 1 nitrogen and oxygen atoms in total. The Kier molecular flexibility index (Phi) is 4.43. The maximum absolute atomic E-state index is 12.4. The highest BCUT2D eigenvalue weighted by molar-refractivity contribution is 5.83. The van der Waals surface area contributed by atoms with Gasteiger partial charge in [0.2, 0.25) is 0 Å². The Morgan fingerprint density at radius 3 is 2.31 bits per heavy atom. The van der Waals surface area contributed by atoms with Gasteiger partial charge in [-0.1, -0.05) is 45.4 Å². The van der Waals surface area contributed by atoms with E-state index < -0.39 is 0 Å². The van der Waals surface area contributed by atoms with Crippen molar-refractivity contribution in [1.29, 1.82) is 0 Å². The minimum absolute atomic E-state index is 0.432. The number of carbonyl (C=O) groups excluding carboxylic acids is 1. The maximum Gasteiger partial charge on any atom is 0.139 e. The second-order valence-corrected chi connectivity index (χ2v) is 5.88.